The van der Waals surface area contributed by atoms with Crippen LogP contribution in [0.3, 0.4) is 0 Å². The van der Waals surface area contributed by atoms with Crippen LogP contribution in [-0.4, -0.2) is 27.3 Å². The van der Waals surface area contributed by atoms with Gasteiger partial charge in [0.05, 0.1) is 12.3 Å². The van der Waals surface area contributed by atoms with Crippen molar-refractivity contribution in [2.75, 3.05) is 6.54 Å². The van der Waals surface area contributed by atoms with E-state index in [2.05, 4.69) is 81.7 Å². The third-order valence-electron chi connectivity index (χ3n) is 5.27. The fraction of sp³-hybridized carbons (Fsp3) is 0.292. The molecule has 7 nitrogen and oxygen atoms in total. The number of hydrogen-bond acceptors (Lipinski definition) is 4. The van der Waals surface area contributed by atoms with Gasteiger partial charge in [0.15, 0.2) is 5.96 Å². The van der Waals surface area contributed by atoms with E-state index >= 15 is 0 Å². The lowest BCUT2D eigenvalue weighted by molar-refractivity contribution is 0.511. The molecule has 0 amide bonds. The molecule has 4 rings (SSSR count). The van der Waals surface area contributed by atoms with Crippen LogP contribution in [0.2, 0.25) is 0 Å². The summed E-state index contributed by atoms with van der Waals surface area (Å²) in [5.41, 5.74) is 1.23. The molecule has 0 saturated heterocycles. The number of nitrogens with one attached hydrogen (secondary N) is 2. The Morgan fingerprint density at radius 1 is 1.13 bits per heavy atom. The molecule has 0 radical (unpaired) electrons. The van der Waals surface area contributed by atoms with E-state index in [1.54, 1.807) is 12.6 Å². The monoisotopic (exact) mass is 416 g/mol. The number of hydrogen-bond donors (Lipinski definition) is 2. The quantitative estimate of drug-likeness (QED) is 0.334. The molecule has 4 aromatic rings. The Labute approximate surface area is 182 Å². The number of benzene rings is 2. The maximum Gasteiger partial charge on any atom is 0.192 e. The Morgan fingerprint density at radius 2 is 2.00 bits per heavy atom. The molecule has 1 unspecified atom stereocenters. The molecular formula is C24H28N6O. The zero-order valence-corrected chi connectivity index (χ0v) is 18.0. The maximum atomic E-state index is 5.44. The number of aromatic nitrogens is 3. The van der Waals surface area contributed by atoms with Gasteiger partial charge in [-0.3, -0.25) is 0 Å². The van der Waals surface area contributed by atoms with E-state index in [0.29, 0.717) is 13.1 Å². The normalized spacial score (nSPS) is 12.8. The van der Waals surface area contributed by atoms with Crippen LogP contribution < -0.4 is 10.6 Å². The first-order valence-corrected chi connectivity index (χ1v) is 10.7. The van der Waals surface area contributed by atoms with Gasteiger partial charge in [-0.05, 0) is 35.4 Å². The van der Waals surface area contributed by atoms with Crippen LogP contribution in [0.4, 0.5) is 0 Å². The van der Waals surface area contributed by atoms with Crippen molar-refractivity contribution in [2.24, 2.45) is 4.99 Å². The minimum Gasteiger partial charge on any atom is -0.467 e. The van der Waals surface area contributed by atoms with Gasteiger partial charge in [0, 0.05) is 19.5 Å². The van der Waals surface area contributed by atoms with Crippen molar-refractivity contribution in [1.29, 1.82) is 0 Å². The van der Waals surface area contributed by atoms with Crippen LogP contribution in [0.5, 0.6) is 0 Å². The van der Waals surface area contributed by atoms with Crippen molar-refractivity contribution in [2.45, 2.75) is 39.4 Å². The van der Waals surface area contributed by atoms with Crippen molar-refractivity contribution in [3.63, 3.8) is 0 Å². The van der Waals surface area contributed by atoms with Crippen molar-refractivity contribution >= 4 is 16.7 Å². The molecule has 31 heavy (non-hydrogen) atoms. The molecule has 1 atom stereocenters. The smallest absolute Gasteiger partial charge is 0.192 e. The Morgan fingerprint density at radius 3 is 2.84 bits per heavy atom. The van der Waals surface area contributed by atoms with Gasteiger partial charge in [0.1, 0.15) is 24.5 Å². The standard InChI is InChI=1S/C24H28N6O/c1-3-23-29-27-17-30(23)14-13-25-24(26-16-20-10-7-15-31-20)28-18(2)21-12-6-9-19-8-4-5-11-22(19)21/h4-12,15,17-18H,3,13-14,16H2,1-2H3,(H2,25,26,28). The number of furan rings is 1. The predicted molar refractivity (Wildman–Crippen MR) is 123 cm³/mol. The molecule has 2 heterocycles. The zero-order valence-electron chi connectivity index (χ0n) is 18.0. The zero-order chi connectivity index (χ0) is 21.5. The fourth-order valence-corrected chi connectivity index (χ4v) is 3.66. The molecule has 7 heteroatoms. The molecule has 0 aliphatic carbocycles. The molecule has 0 saturated carbocycles. The average molecular weight is 417 g/mol. The Bertz CT molecular complexity index is 1130. The highest BCUT2D eigenvalue weighted by Gasteiger charge is 2.12. The van der Waals surface area contributed by atoms with Crippen LogP contribution in [0, 0.1) is 0 Å². The molecule has 160 valence electrons. The summed E-state index contributed by atoms with van der Waals surface area (Å²) in [7, 11) is 0. The summed E-state index contributed by atoms with van der Waals surface area (Å²) in [5, 5.41) is 17.6. The van der Waals surface area contributed by atoms with E-state index in [1.807, 2.05) is 12.1 Å². The van der Waals surface area contributed by atoms with Crippen molar-refractivity contribution in [1.82, 2.24) is 25.4 Å². The van der Waals surface area contributed by atoms with E-state index in [4.69, 9.17) is 9.41 Å². The van der Waals surface area contributed by atoms with E-state index in [-0.39, 0.29) is 6.04 Å². The van der Waals surface area contributed by atoms with Crippen LogP contribution in [0.1, 0.15) is 37.0 Å². The summed E-state index contributed by atoms with van der Waals surface area (Å²) in [5.74, 6) is 2.54. The first kappa shape index (κ1) is 20.7. The molecule has 2 aromatic carbocycles. The highest BCUT2D eigenvalue weighted by atomic mass is 16.3. The highest BCUT2D eigenvalue weighted by Crippen LogP contribution is 2.24. The average Bonchev–Trinajstić information content (AvgIpc) is 3.48. The van der Waals surface area contributed by atoms with E-state index < -0.39 is 0 Å². The summed E-state index contributed by atoms with van der Waals surface area (Å²) >= 11 is 0. The first-order chi connectivity index (χ1) is 15.2. The maximum absolute atomic E-state index is 5.44. The third-order valence-corrected chi connectivity index (χ3v) is 5.27. The SMILES string of the molecule is CCc1nncn1CCNC(=NCc1ccco1)NC(C)c1cccc2ccccc12. The molecule has 0 aliphatic rings. The fourth-order valence-electron chi connectivity index (χ4n) is 3.66. The number of rotatable bonds is 8. The Hall–Kier alpha value is -3.61. The number of guanidine groups is 1. The predicted octanol–water partition coefficient (Wildman–Crippen LogP) is 4.08. The minimum absolute atomic E-state index is 0.0788. The molecule has 2 N–H and O–H groups in total. The highest BCUT2D eigenvalue weighted by molar-refractivity contribution is 5.87. The lowest BCUT2D eigenvalue weighted by Gasteiger charge is -2.20. The van der Waals surface area contributed by atoms with E-state index in [9.17, 15) is 0 Å². The summed E-state index contributed by atoms with van der Waals surface area (Å²) in [6.07, 6.45) is 4.30. The second kappa shape index (κ2) is 9.93. The van der Waals surface area contributed by atoms with Gasteiger partial charge < -0.3 is 19.6 Å². The van der Waals surface area contributed by atoms with Gasteiger partial charge in [-0.2, -0.15) is 0 Å². The second-order valence-corrected chi connectivity index (χ2v) is 7.40. The number of aryl methyl sites for hydroxylation is 1. The van der Waals surface area contributed by atoms with E-state index in [0.717, 1.165) is 30.5 Å². The minimum atomic E-state index is 0.0788. The molecule has 0 spiro atoms. The van der Waals surface area contributed by atoms with Gasteiger partial charge in [-0.1, -0.05) is 49.4 Å². The number of aliphatic imine (C=N–C) groups is 1. The van der Waals surface area contributed by atoms with Crippen molar-refractivity contribution < 1.29 is 4.42 Å². The lowest BCUT2D eigenvalue weighted by Crippen LogP contribution is -2.40. The van der Waals surface area contributed by atoms with Crippen molar-refractivity contribution in [3.8, 4) is 0 Å². The van der Waals surface area contributed by atoms with Gasteiger partial charge in [0.25, 0.3) is 0 Å². The topological polar surface area (TPSA) is 80.3 Å². The summed E-state index contributed by atoms with van der Waals surface area (Å²) in [4.78, 5) is 4.73. The molecular weight excluding hydrogens is 388 g/mol. The Balaban J connectivity index is 1.48. The molecule has 0 bridgehead atoms. The van der Waals surface area contributed by atoms with Crippen molar-refractivity contribution in [3.05, 3.63) is 84.3 Å². The first-order valence-electron chi connectivity index (χ1n) is 10.7. The van der Waals surface area contributed by atoms with Gasteiger partial charge in [-0.25, -0.2) is 4.99 Å². The van der Waals surface area contributed by atoms with E-state index in [1.165, 1.54) is 16.3 Å². The largest absolute Gasteiger partial charge is 0.467 e. The molecule has 0 fully saturated rings. The number of fused-ring (bicyclic) bond motifs is 1. The molecule has 2 aromatic heterocycles. The van der Waals surface area contributed by atoms with Gasteiger partial charge >= 0.3 is 0 Å². The van der Waals surface area contributed by atoms with Gasteiger partial charge in [0.2, 0.25) is 0 Å². The van der Waals surface area contributed by atoms with Crippen LogP contribution in [0.15, 0.2) is 76.6 Å². The van der Waals surface area contributed by atoms with Crippen LogP contribution in [0.25, 0.3) is 10.8 Å². The van der Waals surface area contributed by atoms with Crippen LogP contribution in [-0.2, 0) is 19.5 Å². The summed E-state index contributed by atoms with van der Waals surface area (Å²) in [6, 6.07) is 18.7. The number of nitrogens with zero attached hydrogens (tertiary/aromatic N) is 4. The Kier molecular flexibility index (Phi) is 6.62. The summed E-state index contributed by atoms with van der Waals surface area (Å²) in [6.45, 7) is 6.17. The van der Waals surface area contributed by atoms with Crippen LogP contribution >= 0.6 is 0 Å². The van der Waals surface area contributed by atoms with Gasteiger partial charge in [-0.15, -0.1) is 10.2 Å². The second-order valence-electron chi connectivity index (χ2n) is 7.40. The lowest BCUT2D eigenvalue weighted by atomic mass is 10.00. The molecule has 0 aliphatic heterocycles. The third kappa shape index (κ3) is 5.12. The summed E-state index contributed by atoms with van der Waals surface area (Å²) < 4.78 is 7.50.